The first kappa shape index (κ1) is 60.4. The molecule has 3 fully saturated rings. The first-order chi connectivity index (χ1) is 37.1. The van der Waals surface area contributed by atoms with Crippen molar-refractivity contribution < 1.29 is 43.2 Å². The van der Waals surface area contributed by atoms with Gasteiger partial charge in [-0.05, 0) is 85.3 Å². The van der Waals surface area contributed by atoms with Crippen LogP contribution < -0.4 is 37.2 Å². The average molecular weight is 1080 g/mol. The van der Waals surface area contributed by atoms with E-state index in [0.717, 1.165) is 16.5 Å². The lowest BCUT2D eigenvalue weighted by atomic mass is 9.93. The number of hydrogen-bond acceptors (Lipinski definition) is 9. The molecule has 1 aromatic heterocycles. The number of aromatic nitrogens is 1. The summed E-state index contributed by atoms with van der Waals surface area (Å²) in [5.41, 5.74) is 2.24. The molecule has 19 heteroatoms. The number of hydrogen-bond donors (Lipinski definition) is 8. The van der Waals surface area contributed by atoms with Crippen molar-refractivity contribution in [1.29, 1.82) is 0 Å². The summed E-state index contributed by atoms with van der Waals surface area (Å²) < 4.78 is 0. The number of benzene rings is 2. The number of nitrogens with zero attached hydrogens (tertiary/aromatic N) is 2. The van der Waals surface area contributed by atoms with Crippen LogP contribution in [0.15, 0.2) is 60.8 Å². The Labute approximate surface area is 460 Å². The van der Waals surface area contributed by atoms with E-state index < -0.39 is 125 Å². The van der Waals surface area contributed by atoms with Crippen molar-refractivity contribution in [3.8, 4) is 0 Å². The lowest BCUT2D eigenvalue weighted by Crippen LogP contribution is -2.62. The Morgan fingerprint density at radius 1 is 0.474 bits per heavy atom. The van der Waals surface area contributed by atoms with Crippen LogP contribution in [-0.4, -0.2) is 135 Å². The molecule has 11 atom stereocenters. The fourth-order valence-electron chi connectivity index (χ4n) is 10.9. The smallest absolute Gasteiger partial charge is 0.246 e. The van der Waals surface area contributed by atoms with Crippen molar-refractivity contribution in [2.24, 2.45) is 29.6 Å². The zero-order valence-electron chi connectivity index (χ0n) is 47.4. The number of fused-ring (bicyclic) bond motifs is 3. The van der Waals surface area contributed by atoms with Gasteiger partial charge in [-0.3, -0.25) is 43.2 Å². The highest BCUT2D eigenvalue weighted by Gasteiger charge is 2.45. The zero-order valence-corrected chi connectivity index (χ0v) is 47.4. The lowest BCUT2D eigenvalue weighted by molar-refractivity contribution is -0.148. The molecule has 3 aromatic rings. The van der Waals surface area contributed by atoms with E-state index in [9.17, 15) is 43.2 Å². The Kier molecular flexibility index (Phi) is 21.5. The Hall–Kier alpha value is -6.79. The third kappa shape index (κ3) is 15.3. The van der Waals surface area contributed by atoms with Crippen LogP contribution in [0.5, 0.6) is 0 Å². The number of H-pyrrole nitrogens is 1. The molecule has 3 aliphatic rings. The normalized spacial score (nSPS) is 26.8. The summed E-state index contributed by atoms with van der Waals surface area (Å²) in [6.45, 7) is 19.0. The van der Waals surface area contributed by atoms with Crippen LogP contribution in [0.25, 0.3) is 10.9 Å². The highest BCUT2D eigenvalue weighted by atomic mass is 16.2. The third-order valence-corrected chi connectivity index (χ3v) is 15.8. The Bertz CT molecular complexity index is 2600. The fourth-order valence-corrected chi connectivity index (χ4v) is 10.9. The quantitative estimate of drug-likeness (QED) is 0.122. The van der Waals surface area contributed by atoms with Gasteiger partial charge in [0.15, 0.2) is 0 Å². The molecule has 4 heterocycles. The number of carbonyl (C=O) groups excluding carboxylic acids is 9. The number of rotatable bonds is 13. The van der Waals surface area contributed by atoms with E-state index in [1.807, 2.05) is 96.1 Å². The Balaban J connectivity index is 1.43. The Morgan fingerprint density at radius 2 is 0.923 bits per heavy atom. The molecule has 78 heavy (non-hydrogen) atoms. The number of nitrogens with one attached hydrogen (secondary N) is 8. The second-order valence-electron chi connectivity index (χ2n) is 23.1. The van der Waals surface area contributed by atoms with Crippen LogP contribution >= 0.6 is 0 Å². The second-order valence-corrected chi connectivity index (χ2v) is 23.1. The van der Waals surface area contributed by atoms with Crippen molar-refractivity contribution in [2.75, 3.05) is 13.1 Å². The zero-order chi connectivity index (χ0) is 57.0. The largest absolute Gasteiger partial charge is 0.361 e. The lowest BCUT2D eigenvalue weighted by Gasteiger charge is -2.35. The summed E-state index contributed by atoms with van der Waals surface area (Å²) in [5.74, 6) is -6.83. The van der Waals surface area contributed by atoms with Crippen LogP contribution in [0.3, 0.4) is 0 Å². The molecule has 9 amide bonds. The van der Waals surface area contributed by atoms with Crippen LogP contribution in [0.4, 0.5) is 0 Å². The standard InChI is InChI=1S/C59H86N10O9/c1-11-36(9)49-56(75)64-43(29-34(5)6)53(72)65-48(35(7)8)59(78)69-27-19-25-47(69)58(77)68-26-18-24-46(68)55(74)63-45(31-39-32-60-41-23-17-16-22-40(39)41)52(71)62-44(30-38-20-14-13-15-21-38)51(70)61-42(28-33(3)4)54(73)66-50(37(10)12-2)57(76)67-49/h13-17,20-23,32-37,42-50,60H,11-12,18-19,24-31H2,1-10H3,(H,61,70)(H,62,71)(H,63,74)(H,64,75)(H,65,72)(H,66,73)(H,67,76)/t36-,37-,42-,43-,44-,45-,46-,47-,48-,49-,50-/m0/s1. The average Bonchev–Trinajstić information content (AvgIpc) is 4.29. The molecule has 426 valence electrons. The van der Waals surface area contributed by atoms with Gasteiger partial charge < -0.3 is 52.0 Å². The van der Waals surface area contributed by atoms with Gasteiger partial charge in [0.25, 0.3) is 0 Å². The van der Waals surface area contributed by atoms with Crippen molar-refractivity contribution in [3.63, 3.8) is 0 Å². The topological polar surface area (TPSA) is 260 Å². The molecule has 3 saturated heterocycles. The molecular formula is C59H86N10O9. The van der Waals surface area contributed by atoms with E-state index in [0.29, 0.717) is 44.1 Å². The van der Waals surface area contributed by atoms with Gasteiger partial charge in [-0.2, -0.15) is 0 Å². The van der Waals surface area contributed by atoms with Crippen LogP contribution in [0, 0.1) is 29.6 Å². The number of carbonyl (C=O) groups is 9. The molecule has 6 rings (SSSR count). The molecule has 0 spiro atoms. The van der Waals surface area contributed by atoms with Crippen molar-refractivity contribution >= 4 is 64.1 Å². The molecule has 19 nitrogen and oxygen atoms in total. The maximum absolute atomic E-state index is 15.0. The van der Waals surface area contributed by atoms with Crippen LogP contribution in [0.1, 0.15) is 132 Å². The van der Waals surface area contributed by atoms with Gasteiger partial charge in [0.2, 0.25) is 53.2 Å². The minimum absolute atomic E-state index is 0.00360. The van der Waals surface area contributed by atoms with Crippen LogP contribution in [-0.2, 0) is 56.0 Å². The van der Waals surface area contributed by atoms with Crippen LogP contribution in [0.2, 0.25) is 0 Å². The van der Waals surface area contributed by atoms with Gasteiger partial charge >= 0.3 is 0 Å². The highest BCUT2D eigenvalue weighted by Crippen LogP contribution is 2.28. The predicted molar refractivity (Wildman–Crippen MR) is 298 cm³/mol. The first-order valence-electron chi connectivity index (χ1n) is 28.4. The summed E-state index contributed by atoms with van der Waals surface area (Å²) in [7, 11) is 0. The SMILES string of the molecule is CC[C@H](C)[C@@H]1NC(=O)[C@H](CC(C)C)NC(=O)[C@H](Cc2ccccc2)NC(=O)[C@H](Cc2c[nH]c3ccccc23)NC(=O)[C@@H]2CCCN2C(=O)[C@@H]2CCCN2C(=O)[C@H](C(C)C)NC(=O)[C@H](CC(C)C)NC(=O)[C@H]([C@@H](C)CC)NC1=O. The summed E-state index contributed by atoms with van der Waals surface area (Å²) in [6.07, 6.45) is 4.68. The predicted octanol–water partition coefficient (Wildman–Crippen LogP) is 4.18. The van der Waals surface area contributed by atoms with Gasteiger partial charge in [-0.15, -0.1) is 0 Å². The van der Waals surface area contributed by atoms with Gasteiger partial charge in [-0.25, -0.2) is 0 Å². The summed E-state index contributed by atoms with van der Waals surface area (Å²) in [6, 6.07) is 6.50. The maximum Gasteiger partial charge on any atom is 0.246 e. The number of aromatic amines is 1. The molecule has 0 aliphatic carbocycles. The highest BCUT2D eigenvalue weighted by molar-refractivity contribution is 6.00. The van der Waals surface area contributed by atoms with E-state index in [1.165, 1.54) is 9.80 Å². The monoisotopic (exact) mass is 1080 g/mol. The summed E-state index contributed by atoms with van der Waals surface area (Å²) >= 11 is 0. The van der Waals surface area contributed by atoms with Gasteiger partial charge in [0, 0.05) is 43.0 Å². The molecular weight excluding hydrogens is 993 g/mol. The second kappa shape index (κ2) is 27.7. The van der Waals surface area contributed by atoms with Crippen molar-refractivity contribution in [3.05, 3.63) is 71.9 Å². The Morgan fingerprint density at radius 3 is 1.49 bits per heavy atom. The number of para-hydroxylation sites is 1. The summed E-state index contributed by atoms with van der Waals surface area (Å²) in [5, 5.41) is 21.3. The molecule has 0 bridgehead atoms. The maximum atomic E-state index is 15.0. The van der Waals surface area contributed by atoms with Crippen molar-refractivity contribution in [2.45, 2.75) is 188 Å². The van der Waals surface area contributed by atoms with E-state index in [1.54, 1.807) is 33.9 Å². The van der Waals surface area contributed by atoms with E-state index >= 15 is 0 Å². The summed E-state index contributed by atoms with van der Waals surface area (Å²) in [4.78, 5) is 138. The molecule has 0 saturated carbocycles. The van der Waals surface area contributed by atoms with Crippen molar-refractivity contribution in [1.82, 2.24) is 52.0 Å². The van der Waals surface area contributed by atoms with Gasteiger partial charge in [-0.1, -0.05) is 131 Å². The first-order valence-corrected chi connectivity index (χ1v) is 28.4. The van der Waals surface area contributed by atoms with E-state index in [4.69, 9.17) is 0 Å². The minimum atomic E-state index is -1.26. The van der Waals surface area contributed by atoms with Gasteiger partial charge in [0.1, 0.15) is 54.4 Å². The molecule has 2 aromatic carbocycles. The fraction of sp³-hybridized carbons (Fsp3) is 0.610. The molecule has 3 aliphatic heterocycles. The minimum Gasteiger partial charge on any atom is -0.361 e. The number of amides is 9. The van der Waals surface area contributed by atoms with Gasteiger partial charge in [0.05, 0.1) is 0 Å². The molecule has 0 unspecified atom stereocenters. The molecule has 0 radical (unpaired) electrons. The van der Waals surface area contributed by atoms with E-state index in [2.05, 4.69) is 42.2 Å². The third-order valence-electron chi connectivity index (χ3n) is 15.8. The van der Waals surface area contributed by atoms with E-state index in [-0.39, 0.29) is 50.6 Å². The molecule has 8 N–H and O–H groups in total.